The summed E-state index contributed by atoms with van der Waals surface area (Å²) >= 11 is 0. The molecule has 0 radical (unpaired) electrons. The van der Waals surface area contributed by atoms with Crippen LogP contribution in [0.5, 0.6) is 5.75 Å². The van der Waals surface area contributed by atoms with E-state index < -0.39 is 0 Å². The number of anilines is 1. The molecule has 0 spiro atoms. The van der Waals surface area contributed by atoms with Crippen LogP contribution in [0.2, 0.25) is 0 Å². The average molecular weight is 271 g/mol. The molecule has 0 unspecified atom stereocenters. The van der Waals surface area contributed by atoms with Gasteiger partial charge in [-0.25, -0.2) is 0 Å². The van der Waals surface area contributed by atoms with Gasteiger partial charge in [0.2, 0.25) is 0 Å². The number of hydrogen-bond donors (Lipinski definition) is 2. The van der Waals surface area contributed by atoms with Crippen molar-refractivity contribution in [1.29, 1.82) is 0 Å². The number of hydrogen-bond acceptors (Lipinski definition) is 6. The zero-order valence-electron chi connectivity index (χ0n) is 10.8. The van der Waals surface area contributed by atoms with Gasteiger partial charge in [-0.15, -0.1) is 10.2 Å². The molecule has 0 amide bonds. The minimum Gasteiger partial charge on any atom is -0.467 e. The van der Waals surface area contributed by atoms with Crippen LogP contribution < -0.4 is 10.5 Å². The number of benzene rings is 1. The number of methoxy groups -OCH3 is 1. The molecule has 7 heteroatoms. The third-order valence-corrected chi connectivity index (χ3v) is 2.83. The van der Waals surface area contributed by atoms with Gasteiger partial charge in [-0.2, -0.15) is 5.10 Å². The number of fused-ring (bicyclic) bond motifs is 1. The number of nitrogen functional groups attached to an aromatic ring is 1. The number of H-pyrrole nitrogens is 1. The number of para-hydroxylation sites is 1. The molecule has 0 bridgehead atoms. The molecule has 3 aromatic rings. The predicted octanol–water partition coefficient (Wildman–Crippen LogP) is 1.58. The summed E-state index contributed by atoms with van der Waals surface area (Å²) in [6.07, 6.45) is 0. The lowest BCUT2D eigenvalue weighted by atomic mass is 10.1. The lowest BCUT2D eigenvalue weighted by Crippen LogP contribution is -2.00. The number of aromatic amines is 1. The molecule has 2 heterocycles. The van der Waals surface area contributed by atoms with Crippen molar-refractivity contribution in [1.82, 2.24) is 20.4 Å². The quantitative estimate of drug-likeness (QED) is 0.699. The largest absolute Gasteiger partial charge is 0.467 e. The van der Waals surface area contributed by atoms with Crippen LogP contribution in [-0.4, -0.2) is 34.3 Å². The Morgan fingerprint density at radius 3 is 2.95 bits per heavy atom. The van der Waals surface area contributed by atoms with Crippen LogP contribution in [0, 0.1) is 0 Å². The Balaban J connectivity index is 2.05. The molecular formula is C13H13N5O2. The molecule has 0 atom stereocenters. The van der Waals surface area contributed by atoms with Crippen molar-refractivity contribution in [3.8, 4) is 17.0 Å². The van der Waals surface area contributed by atoms with Gasteiger partial charge in [0.1, 0.15) is 5.75 Å². The van der Waals surface area contributed by atoms with Crippen molar-refractivity contribution in [3.63, 3.8) is 0 Å². The fourth-order valence-corrected chi connectivity index (χ4v) is 1.90. The molecule has 1 aromatic carbocycles. The highest BCUT2D eigenvalue weighted by Crippen LogP contribution is 2.29. The number of ether oxygens (including phenoxy) is 2. The summed E-state index contributed by atoms with van der Waals surface area (Å²) in [6, 6.07) is 9.37. The molecule has 0 aliphatic carbocycles. The molecule has 0 fully saturated rings. The van der Waals surface area contributed by atoms with E-state index in [1.807, 2.05) is 30.3 Å². The molecule has 3 rings (SSSR count). The second-order valence-electron chi connectivity index (χ2n) is 4.15. The van der Waals surface area contributed by atoms with E-state index in [0.717, 1.165) is 11.1 Å². The minimum atomic E-state index is 0.170. The lowest BCUT2D eigenvalue weighted by molar-refractivity contribution is 0.0515. The number of rotatable bonds is 4. The first-order chi connectivity index (χ1) is 9.79. The summed E-state index contributed by atoms with van der Waals surface area (Å²) in [5, 5.41) is 15.0. The molecule has 102 valence electrons. The SMILES string of the molecule is COCOc1ccccc1-c1cc2[nH]nc(N)c2nn1. The van der Waals surface area contributed by atoms with Crippen LogP contribution in [0.4, 0.5) is 5.82 Å². The summed E-state index contributed by atoms with van der Waals surface area (Å²) in [4.78, 5) is 0. The summed E-state index contributed by atoms with van der Waals surface area (Å²) in [7, 11) is 1.57. The van der Waals surface area contributed by atoms with Gasteiger partial charge in [-0.3, -0.25) is 5.10 Å². The fraction of sp³-hybridized carbons (Fsp3) is 0.154. The second-order valence-corrected chi connectivity index (χ2v) is 4.15. The maximum atomic E-state index is 5.67. The highest BCUT2D eigenvalue weighted by Gasteiger charge is 2.11. The van der Waals surface area contributed by atoms with E-state index in [9.17, 15) is 0 Å². The molecule has 20 heavy (non-hydrogen) atoms. The zero-order chi connectivity index (χ0) is 13.9. The first kappa shape index (κ1) is 12.4. The van der Waals surface area contributed by atoms with Gasteiger partial charge in [0.25, 0.3) is 0 Å². The molecule has 0 saturated carbocycles. The monoisotopic (exact) mass is 271 g/mol. The van der Waals surface area contributed by atoms with Crippen molar-refractivity contribution in [2.45, 2.75) is 0 Å². The Morgan fingerprint density at radius 2 is 2.10 bits per heavy atom. The normalized spacial score (nSPS) is 10.8. The van der Waals surface area contributed by atoms with Crippen molar-refractivity contribution in [2.75, 3.05) is 19.6 Å². The van der Waals surface area contributed by atoms with Gasteiger partial charge in [0, 0.05) is 12.7 Å². The van der Waals surface area contributed by atoms with Gasteiger partial charge in [-0.05, 0) is 18.2 Å². The van der Waals surface area contributed by atoms with E-state index in [2.05, 4.69) is 20.4 Å². The van der Waals surface area contributed by atoms with Crippen LogP contribution in [0.15, 0.2) is 30.3 Å². The van der Waals surface area contributed by atoms with E-state index in [-0.39, 0.29) is 6.79 Å². The molecule has 0 aliphatic rings. The Morgan fingerprint density at radius 1 is 1.25 bits per heavy atom. The number of nitrogens with one attached hydrogen (secondary N) is 1. The maximum absolute atomic E-state index is 5.67. The van der Waals surface area contributed by atoms with Crippen molar-refractivity contribution in [2.24, 2.45) is 0 Å². The number of nitrogens with two attached hydrogens (primary N) is 1. The highest BCUT2D eigenvalue weighted by atomic mass is 16.7. The topological polar surface area (TPSA) is 98.9 Å². The van der Waals surface area contributed by atoms with Crippen molar-refractivity contribution < 1.29 is 9.47 Å². The Bertz CT molecular complexity index is 740. The third kappa shape index (κ3) is 2.14. The minimum absolute atomic E-state index is 0.170. The summed E-state index contributed by atoms with van der Waals surface area (Å²) in [5.41, 5.74) is 8.46. The van der Waals surface area contributed by atoms with E-state index >= 15 is 0 Å². The van der Waals surface area contributed by atoms with Gasteiger partial charge < -0.3 is 15.2 Å². The lowest BCUT2D eigenvalue weighted by Gasteiger charge is -2.09. The zero-order valence-corrected chi connectivity index (χ0v) is 10.8. The summed E-state index contributed by atoms with van der Waals surface area (Å²) < 4.78 is 10.4. The van der Waals surface area contributed by atoms with Gasteiger partial charge in [-0.1, -0.05) is 12.1 Å². The molecule has 0 aliphatic heterocycles. The first-order valence-electron chi connectivity index (χ1n) is 5.98. The van der Waals surface area contributed by atoms with Crippen molar-refractivity contribution >= 4 is 16.9 Å². The Labute approximate surface area is 114 Å². The van der Waals surface area contributed by atoms with Crippen LogP contribution >= 0.6 is 0 Å². The maximum Gasteiger partial charge on any atom is 0.188 e. The van der Waals surface area contributed by atoms with Crippen LogP contribution in [0.25, 0.3) is 22.3 Å². The van der Waals surface area contributed by atoms with Gasteiger partial charge in [0.05, 0.1) is 11.2 Å². The number of nitrogens with zero attached hydrogens (tertiary/aromatic N) is 3. The molecule has 3 N–H and O–H groups in total. The summed E-state index contributed by atoms with van der Waals surface area (Å²) in [6.45, 7) is 0.170. The first-order valence-corrected chi connectivity index (χ1v) is 5.98. The van der Waals surface area contributed by atoms with Crippen LogP contribution in [0.1, 0.15) is 0 Å². The van der Waals surface area contributed by atoms with Gasteiger partial charge >= 0.3 is 0 Å². The van der Waals surface area contributed by atoms with E-state index in [1.54, 1.807) is 7.11 Å². The average Bonchev–Trinajstić information content (AvgIpc) is 2.86. The van der Waals surface area contributed by atoms with E-state index in [4.69, 9.17) is 15.2 Å². The van der Waals surface area contributed by atoms with E-state index in [0.29, 0.717) is 22.8 Å². The highest BCUT2D eigenvalue weighted by molar-refractivity contribution is 5.86. The van der Waals surface area contributed by atoms with E-state index in [1.165, 1.54) is 0 Å². The smallest absolute Gasteiger partial charge is 0.188 e. The van der Waals surface area contributed by atoms with Gasteiger partial charge in [0.15, 0.2) is 18.1 Å². The summed E-state index contributed by atoms with van der Waals surface area (Å²) in [5.74, 6) is 1.01. The standard InChI is InChI=1S/C13H13N5O2/c1-19-7-20-11-5-3-2-4-8(11)9-6-10-12(17-15-9)13(14)18-16-10/h2-6H,7H2,1H3,(H3,14,16,18). The van der Waals surface area contributed by atoms with Crippen LogP contribution in [0.3, 0.4) is 0 Å². The third-order valence-electron chi connectivity index (χ3n) is 2.83. The second kappa shape index (κ2) is 5.14. The number of aromatic nitrogens is 4. The van der Waals surface area contributed by atoms with Crippen molar-refractivity contribution in [3.05, 3.63) is 30.3 Å². The predicted molar refractivity (Wildman–Crippen MR) is 74.0 cm³/mol. The fourth-order valence-electron chi connectivity index (χ4n) is 1.90. The molecule has 2 aromatic heterocycles. The molecule has 0 saturated heterocycles. The molecular weight excluding hydrogens is 258 g/mol. The van der Waals surface area contributed by atoms with Crippen LogP contribution in [-0.2, 0) is 4.74 Å². The molecule has 7 nitrogen and oxygen atoms in total. The Kier molecular flexibility index (Phi) is 3.18. The Hall–Kier alpha value is -2.67.